The minimum absolute atomic E-state index is 0.00465. The van der Waals surface area contributed by atoms with E-state index in [-0.39, 0.29) is 51.2 Å². The number of allylic oxidation sites excluding steroid dienone is 2. The Labute approximate surface area is 399 Å². The average Bonchev–Trinajstić information content (AvgIpc) is 3.28. The number of unbranched alkanes of at least 4 members (excludes halogenated alkanes) is 8. The Balaban J connectivity index is 1.02. The number of hydrogen-bond donors (Lipinski definition) is 7. The molecule has 0 aromatic rings. The van der Waals surface area contributed by atoms with Crippen LogP contribution in [0.3, 0.4) is 0 Å². The predicted molar refractivity (Wildman–Crippen MR) is 249 cm³/mol. The van der Waals surface area contributed by atoms with Gasteiger partial charge in [0.25, 0.3) is 0 Å². The van der Waals surface area contributed by atoms with Gasteiger partial charge in [0.15, 0.2) is 18.4 Å². The maximum absolute atomic E-state index is 15.1. The van der Waals surface area contributed by atoms with Crippen LogP contribution in [0.5, 0.6) is 0 Å². The molecule has 7 N–H and O–H groups in total. The zero-order valence-corrected chi connectivity index (χ0v) is 42.0. The third-order valence-corrected chi connectivity index (χ3v) is 19.7. The van der Waals surface area contributed by atoms with Crippen molar-refractivity contribution < 1.29 is 69.0 Å². The SMILES string of the molecule is CCCCCCCCCCCOC(=O)[C@@]1(C)CC[C@]2(C)CC[C@]3(C)C(=CC(=O)[C@@H]4[C@@]5(C)CC[C@H](O[C@@H]6O[C@H](CO)[C@@H](O[C@@H]7O[C@H](CO)[C@H](O)[C@H](O)[C@H]7O)[C@H](O)[C@H]6O)C(C)(C)[C@@H]5CC[C@]43C)[C@@H]2C1. The second kappa shape index (κ2) is 20.5. The number of rotatable bonds is 17. The summed E-state index contributed by atoms with van der Waals surface area (Å²) in [5.41, 5.74) is -0.772. The maximum atomic E-state index is 15.1. The van der Waals surface area contributed by atoms with Crippen molar-refractivity contribution in [1.29, 1.82) is 0 Å². The predicted octanol–water partition coefficient (Wildman–Crippen LogP) is 6.05. The van der Waals surface area contributed by atoms with Gasteiger partial charge in [-0.3, -0.25) is 9.59 Å². The van der Waals surface area contributed by atoms with E-state index in [0.29, 0.717) is 25.9 Å². The molecule has 2 saturated heterocycles. The van der Waals surface area contributed by atoms with E-state index in [2.05, 4.69) is 55.4 Å². The van der Waals surface area contributed by atoms with Crippen molar-refractivity contribution in [1.82, 2.24) is 0 Å². The number of hydrogen-bond acceptors (Lipinski definition) is 14. The first kappa shape index (κ1) is 53.2. The van der Waals surface area contributed by atoms with Crippen molar-refractivity contribution in [2.24, 2.45) is 50.2 Å². The molecule has 0 aromatic carbocycles. The zero-order valence-electron chi connectivity index (χ0n) is 42.0. The molecule has 0 amide bonds. The van der Waals surface area contributed by atoms with Crippen molar-refractivity contribution in [3.63, 3.8) is 0 Å². The third kappa shape index (κ3) is 9.52. The molecule has 384 valence electrons. The van der Waals surface area contributed by atoms with Gasteiger partial charge in [0.1, 0.15) is 48.8 Å². The minimum Gasteiger partial charge on any atom is -0.465 e. The number of fused-ring (bicyclic) bond motifs is 7. The van der Waals surface area contributed by atoms with Gasteiger partial charge >= 0.3 is 5.97 Å². The van der Waals surface area contributed by atoms with Crippen molar-refractivity contribution >= 4 is 11.8 Å². The topological polar surface area (TPSA) is 222 Å². The molecule has 4 saturated carbocycles. The maximum Gasteiger partial charge on any atom is 0.311 e. The van der Waals surface area contributed by atoms with Crippen LogP contribution in [0.2, 0.25) is 0 Å². The lowest BCUT2D eigenvalue weighted by Crippen LogP contribution is -2.67. The Morgan fingerprint density at radius 3 is 1.94 bits per heavy atom. The summed E-state index contributed by atoms with van der Waals surface area (Å²) in [5, 5.41) is 74.0. The molecule has 0 radical (unpaired) electrons. The highest BCUT2D eigenvalue weighted by Crippen LogP contribution is 2.75. The number of carbonyl (C=O) groups is 2. The molecule has 2 aliphatic heterocycles. The molecule has 6 fully saturated rings. The number of ketones is 1. The van der Waals surface area contributed by atoms with Gasteiger partial charge in [-0.1, -0.05) is 105 Å². The lowest BCUT2D eigenvalue weighted by Gasteiger charge is -2.70. The first-order valence-corrected chi connectivity index (χ1v) is 26.2. The molecule has 14 nitrogen and oxygen atoms in total. The molecule has 14 heteroatoms. The van der Waals surface area contributed by atoms with Crippen LogP contribution in [0.25, 0.3) is 0 Å². The first-order chi connectivity index (χ1) is 31.6. The summed E-state index contributed by atoms with van der Waals surface area (Å²) >= 11 is 0. The van der Waals surface area contributed by atoms with Crippen molar-refractivity contribution in [3.8, 4) is 0 Å². The van der Waals surface area contributed by atoms with Crippen LogP contribution in [0.4, 0.5) is 0 Å². The number of aliphatic hydroxyl groups is 7. The van der Waals surface area contributed by atoms with E-state index in [1.165, 1.54) is 50.5 Å². The molecule has 0 unspecified atom stereocenters. The molecule has 0 spiro atoms. The van der Waals surface area contributed by atoms with Gasteiger partial charge in [-0.05, 0) is 116 Å². The normalized spacial score (nSPS) is 47.2. The van der Waals surface area contributed by atoms with Gasteiger partial charge in [0.05, 0.1) is 31.3 Å². The molecule has 19 atom stereocenters. The molecule has 0 bridgehead atoms. The van der Waals surface area contributed by atoms with Gasteiger partial charge in [0.2, 0.25) is 0 Å². The highest BCUT2D eigenvalue weighted by Gasteiger charge is 2.71. The van der Waals surface area contributed by atoms with Crippen LogP contribution in [0, 0.1) is 50.2 Å². The van der Waals surface area contributed by atoms with E-state index in [9.17, 15) is 40.5 Å². The standard InChI is InChI=1S/C53H88O14/c1-9-10-11-12-13-14-15-16-17-26-63-47(62)50(5)23-22-49(4)24-25-52(7)31(32(49)28-50)27-33(56)44-51(6)20-19-37(48(2,3)36(51)18-21-53(44,52)8)66-45-42(61)40(59)43(35(30-55)65-45)67-46-41(60)39(58)38(57)34(29-54)64-46/h27,32,34-46,54-55,57-61H,9-26,28-30H2,1-8H3/t32-,34+,35+,36-,37-,38-,39-,40+,41+,42+,43+,44+,45-,46-,49+,50-,51-,52+,53+/m0/s1. The molecular formula is C53H88O14. The van der Waals surface area contributed by atoms with E-state index in [4.69, 9.17) is 23.7 Å². The van der Waals surface area contributed by atoms with Gasteiger partial charge in [0, 0.05) is 5.92 Å². The summed E-state index contributed by atoms with van der Waals surface area (Å²) in [6.07, 6.45) is 4.59. The molecule has 0 aromatic heterocycles. The molecule has 5 aliphatic carbocycles. The Hall–Kier alpha value is -1.56. The Kier molecular flexibility index (Phi) is 16.3. The van der Waals surface area contributed by atoms with E-state index in [0.717, 1.165) is 51.4 Å². The highest BCUT2D eigenvalue weighted by atomic mass is 16.7. The fourth-order valence-corrected chi connectivity index (χ4v) is 15.2. The van der Waals surface area contributed by atoms with Crippen LogP contribution < -0.4 is 0 Å². The van der Waals surface area contributed by atoms with Gasteiger partial charge in [-0.25, -0.2) is 0 Å². The fourth-order valence-electron chi connectivity index (χ4n) is 15.2. The summed E-state index contributed by atoms with van der Waals surface area (Å²) < 4.78 is 30.0. The summed E-state index contributed by atoms with van der Waals surface area (Å²) in [7, 11) is 0. The quantitative estimate of drug-likeness (QED) is 0.0502. The lowest BCUT2D eigenvalue weighted by molar-refractivity contribution is -0.368. The molecule has 7 aliphatic rings. The van der Waals surface area contributed by atoms with Crippen molar-refractivity contribution in [2.45, 2.75) is 238 Å². The third-order valence-electron chi connectivity index (χ3n) is 19.7. The number of esters is 1. The highest BCUT2D eigenvalue weighted by molar-refractivity contribution is 5.95. The molecular weight excluding hydrogens is 861 g/mol. The number of aliphatic hydroxyl groups excluding tert-OH is 7. The van der Waals surface area contributed by atoms with Crippen LogP contribution in [-0.2, 0) is 33.3 Å². The second-order valence-corrected chi connectivity index (χ2v) is 24.2. The molecule has 2 heterocycles. The Morgan fingerprint density at radius 1 is 0.687 bits per heavy atom. The van der Waals surface area contributed by atoms with Crippen LogP contribution >= 0.6 is 0 Å². The number of ether oxygens (including phenoxy) is 5. The summed E-state index contributed by atoms with van der Waals surface area (Å²) in [4.78, 5) is 29.1. The van der Waals surface area contributed by atoms with E-state index in [1.807, 2.05) is 6.08 Å². The summed E-state index contributed by atoms with van der Waals surface area (Å²) in [5.74, 6) is 0.0443. The van der Waals surface area contributed by atoms with E-state index < -0.39 is 91.6 Å². The molecule has 67 heavy (non-hydrogen) atoms. The molecule has 7 rings (SSSR count). The second-order valence-electron chi connectivity index (χ2n) is 24.2. The minimum atomic E-state index is -1.76. The van der Waals surface area contributed by atoms with Crippen molar-refractivity contribution in [2.75, 3.05) is 19.8 Å². The monoisotopic (exact) mass is 949 g/mol. The van der Waals surface area contributed by atoms with Gasteiger partial charge in [-0.15, -0.1) is 0 Å². The van der Waals surface area contributed by atoms with E-state index in [1.54, 1.807) is 0 Å². The Bertz CT molecular complexity index is 1750. The van der Waals surface area contributed by atoms with Crippen molar-refractivity contribution in [3.05, 3.63) is 11.6 Å². The average molecular weight is 949 g/mol. The smallest absolute Gasteiger partial charge is 0.311 e. The Morgan fingerprint density at radius 2 is 1.28 bits per heavy atom. The first-order valence-electron chi connectivity index (χ1n) is 26.2. The van der Waals surface area contributed by atoms with Crippen LogP contribution in [0.15, 0.2) is 11.6 Å². The van der Waals surface area contributed by atoms with Gasteiger partial charge < -0.3 is 59.4 Å². The van der Waals surface area contributed by atoms with Crippen LogP contribution in [0.1, 0.15) is 171 Å². The number of carbonyl (C=O) groups excluding carboxylic acids is 2. The van der Waals surface area contributed by atoms with E-state index >= 15 is 4.79 Å². The van der Waals surface area contributed by atoms with Crippen LogP contribution in [-0.4, -0.2) is 135 Å². The summed E-state index contributed by atoms with van der Waals surface area (Å²) in [6, 6.07) is 0. The summed E-state index contributed by atoms with van der Waals surface area (Å²) in [6.45, 7) is 17.2. The largest absolute Gasteiger partial charge is 0.465 e. The lowest BCUT2D eigenvalue weighted by atomic mass is 9.33. The van der Waals surface area contributed by atoms with Gasteiger partial charge in [-0.2, -0.15) is 0 Å². The fraction of sp³-hybridized carbons (Fsp3) is 0.925. The zero-order chi connectivity index (χ0) is 48.9.